The van der Waals surface area contributed by atoms with Crippen LogP contribution in [0.5, 0.6) is 5.75 Å². The van der Waals surface area contributed by atoms with Gasteiger partial charge in [0.1, 0.15) is 5.75 Å². The molecule has 0 aliphatic carbocycles. The average Bonchev–Trinajstić information content (AvgIpc) is 2.50. The predicted molar refractivity (Wildman–Crippen MR) is 90.7 cm³/mol. The van der Waals surface area contributed by atoms with Crippen molar-refractivity contribution in [1.82, 2.24) is 0 Å². The van der Waals surface area contributed by atoms with Crippen LogP contribution in [0.2, 0.25) is 5.02 Å². The largest absolute Gasteiger partial charge is 0.492 e. The standard InChI is InChI=1S/C18H20ClNO2/c1-4-22-16-8-6-5-7-15(16)20-17(21)18(2,3)13-9-11-14(19)12-10-13/h5-12H,4H2,1-3H3,(H,20,21). The summed E-state index contributed by atoms with van der Waals surface area (Å²) in [5.41, 5.74) is 0.906. The summed E-state index contributed by atoms with van der Waals surface area (Å²) in [6.45, 7) is 6.23. The highest BCUT2D eigenvalue weighted by atomic mass is 35.5. The Kier molecular flexibility index (Phi) is 5.09. The molecule has 0 bridgehead atoms. The molecule has 0 saturated heterocycles. The molecule has 1 amide bonds. The fraction of sp³-hybridized carbons (Fsp3) is 0.278. The van der Waals surface area contributed by atoms with Crippen LogP contribution >= 0.6 is 11.6 Å². The van der Waals surface area contributed by atoms with Crippen molar-refractivity contribution in [2.24, 2.45) is 0 Å². The number of nitrogens with one attached hydrogen (secondary N) is 1. The summed E-state index contributed by atoms with van der Waals surface area (Å²) in [4.78, 5) is 12.7. The lowest BCUT2D eigenvalue weighted by Crippen LogP contribution is -2.34. The predicted octanol–water partition coefficient (Wildman–Crippen LogP) is 4.66. The molecule has 0 aromatic heterocycles. The molecule has 0 spiro atoms. The quantitative estimate of drug-likeness (QED) is 0.871. The molecular formula is C18H20ClNO2. The van der Waals surface area contributed by atoms with Gasteiger partial charge in [-0.25, -0.2) is 0 Å². The highest BCUT2D eigenvalue weighted by molar-refractivity contribution is 6.30. The van der Waals surface area contributed by atoms with Crippen molar-refractivity contribution in [3.63, 3.8) is 0 Å². The lowest BCUT2D eigenvalue weighted by atomic mass is 9.83. The maximum absolute atomic E-state index is 12.7. The first-order valence-corrected chi connectivity index (χ1v) is 7.62. The van der Waals surface area contributed by atoms with Crippen LogP contribution in [0.3, 0.4) is 0 Å². The first kappa shape index (κ1) is 16.4. The zero-order valence-corrected chi connectivity index (χ0v) is 13.8. The van der Waals surface area contributed by atoms with E-state index < -0.39 is 5.41 Å². The van der Waals surface area contributed by atoms with Crippen molar-refractivity contribution in [2.75, 3.05) is 11.9 Å². The minimum absolute atomic E-state index is 0.0954. The Labute approximate surface area is 136 Å². The number of benzene rings is 2. The van der Waals surface area contributed by atoms with E-state index in [9.17, 15) is 4.79 Å². The number of anilines is 1. The molecule has 0 heterocycles. The van der Waals surface area contributed by atoms with Gasteiger partial charge < -0.3 is 10.1 Å². The molecule has 2 rings (SSSR count). The fourth-order valence-electron chi connectivity index (χ4n) is 2.13. The molecule has 0 saturated carbocycles. The molecule has 0 aliphatic rings. The van der Waals surface area contributed by atoms with Gasteiger partial charge in [-0.15, -0.1) is 0 Å². The van der Waals surface area contributed by atoms with Gasteiger partial charge in [0.25, 0.3) is 0 Å². The number of para-hydroxylation sites is 2. The topological polar surface area (TPSA) is 38.3 Å². The number of rotatable bonds is 5. The minimum atomic E-state index is -0.677. The molecule has 22 heavy (non-hydrogen) atoms. The molecule has 3 nitrogen and oxygen atoms in total. The molecule has 0 fully saturated rings. The number of amides is 1. The van der Waals surface area contributed by atoms with Crippen LogP contribution in [0.15, 0.2) is 48.5 Å². The smallest absolute Gasteiger partial charge is 0.234 e. The highest BCUT2D eigenvalue weighted by Gasteiger charge is 2.30. The van der Waals surface area contributed by atoms with Gasteiger partial charge in [0.05, 0.1) is 17.7 Å². The van der Waals surface area contributed by atoms with Gasteiger partial charge >= 0.3 is 0 Å². The fourth-order valence-corrected chi connectivity index (χ4v) is 2.25. The van der Waals surface area contributed by atoms with Gasteiger partial charge in [-0.05, 0) is 50.6 Å². The zero-order valence-electron chi connectivity index (χ0n) is 13.0. The summed E-state index contributed by atoms with van der Waals surface area (Å²) in [5, 5.41) is 3.61. The SMILES string of the molecule is CCOc1ccccc1NC(=O)C(C)(C)c1ccc(Cl)cc1. The summed E-state index contributed by atoms with van der Waals surface area (Å²) in [6, 6.07) is 14.8. The number of ether oxygens (including phenoxy) is 1. The molecule has 0 atom stereocenters. The van der Waals surface area contributed by atoms with Gasteiger partial charge in [-0.3, -0.25) is 4.79 Å². The monoisotopic (exact) mass is 317 g/mol. The van der Waals surface area contributed by atoms with Crippen LogP contribution in [-0.4, -0.2) is 12.5 Å². The van der Waals surface area contributed by atoms with Gasteiger partial charge in [0.2, 0.25) is 5.91 Å². The Morgan fingerprint density at radius 3 is 2.41 bits per heavy atom. The highest BCUT2D eigenvalue weighted by Crippen LogP contribution is 2.29. The van der Waals surface area contributed by atoms with Crippen molar-refractivity contribution in [3.8, 4) is 5.75 Å². The molecule has 4 heteroatoms. The first-order valence-electron chi connectivity index (χ1n) is 7.24. The third kappa shape index (κ3) is 3.60. The van der Waals surface area contributed by atoms with E-state index in [-0.39, 0.29) is 5.91 Å². The molecule has 0 unspecified atom stereocenters. The summed E-state index contributed by atoms with van der Waals surface area (Å²) < 4.78 is 5.54. The van der Waals surface area contributed by atoms with E-state index in [2.05, 4.69) is 5.32 Å². The molecule has 2 aromatic carbocycles. The zero-order chi connectivity index (χ0) is 16.2. The van der Waals surface area contributed by atoms with Crippen molar-refractivity contribution in [2.45, 2.75) is 26.2 Å². The summed E-state index contributed by atoms with van der Waals surface area (Å²) in [7, 11) is 0. The maximum atomic E-state index is 12.7. The third-order valence-corrected chi connectivity index (χ3v) is 3.82. The van der Waals surface area contributed by atoms with Crippen LogP contribution in [0.1, 0.15) is 26.3 Å². The van der Waals surface area contributed by atoms with E-state index in [4.69, 9.17) is 16.3 Å². The van der Waals surface area contributed by atoms with Gasteiger partial charge in [-0.2, -0.15) is 0 Å². The number of carbonyl (C=O) groups excluding carboxylic acids is 1. The Hall–Kier alpha value is -2.00. The first-order chi connectivity index (χ1) is 10.4. The third-order valence-electron chi connectivity index (χ3n) is 3.57. The second-order valence-corrected chi connectivity index (χ2v) is 5.95. The van der Waals surface area contributed by atoms with E-state index in [1.807, 2.05) is 57.2 Å². The van der Waals surface area contributed by atoms with Crippen molar-refractivity contribution in [3.05, 3.63) is 59.1 Å². The summed E-state index contributed by atoms with van der Waals surface area (Å²) in [6.07, 6.45) is 0. The van der Waals surface area contributed by atoms with Gasteiger partial charge in [0.15, 0.2) is 0 Å². The normalized spacial score (nSPS) is 11.1. The molecule has 116 valence electrons. The van der Waals surface area contributed by atoms with Crippen LogP contribution in [0.4, 0.5) is 5.69 Å². The minimum Gasteiger partial charge on any atom is -0.492 e. The molecule has 2 aromatic rings. The number of hydrogen-bond acceptors (Lipinski definition) is 2. The summed E-state index contributed by atoms with van der Waals surface area (Å²) in [5.74, 6) is 0.576. The maximum Gasteiger partial charge on any atom is 0.234 e. The lowest BCUT2D eigenvalue weighted by Gasteiger charge is -2.25. The van der Waals surface area contributed by atoms with E-state index in [1.165, 1.54) is 0 Å². The Bertz CT molecular complexity index is 650. The number of carbonyl (C=O) groups is 1. The number of hydrogen-bond donors (Lipinski definition) is 1. The Balaban J connectivity index is 2.22. The molecule has 0 radical (unpaired) electrons. The van der Waals surface area contributed by atoms with Crippen molar-refractivity contribution < 1.29 is 9.53 Å². The van der Waals surface area contributed by atoms with E-state index >= 15 is 0 Å². The second-order valence-electron chi connectivity index (χ2n) is 5.52. The van der Waals surface area contributed by atoms with Crippen LogP contribution in [0.25, 0.3) is 0 Å². The summed E-state index contributed by atoms with van der Waals surface area (Å²) >= 11 is 5.91. The Morgan fingerprint density at radius 1 is 1.14 bits per heavy atom. The molecule has 0 aliphatic heterocycles. The van der Waals surface area contributed by atoms with Crippen LogP contribution < -0.4 is 10.1 Å². The van der Waals surface area contributed by atoms with E-state index in [0.717, 1.165) is 5.56 Å². The van der Waals surface area contributed by atoms with Crippen LogP contribution in [0, 0.1) is 0 Å². The van der Waals surface area contributed by atoms with Gasteiger partial charge in [-0.1, -0.05) is 35.9 Å². The Morgan fingerprint density at radius 2 is 1.77 bits per heavy atom. The van der Waals surface area contributed by atoms with E-state index in [1.54, 1.807) is 12.1 Å². The van der Waals surface area contributed by atoms with Crippen molar-refractivity contribution in [1.29, 1.82) is 0 Å². The van der Waals surface area contributed by atoms with Crippen LogP contribution in [-0.2, 0) is 10.2 Å². The molecular weight excluding hydrogens is 298 g/mol. The second kappa shape index (κ2) is 6.84. The lowest BCUT2D eigenvalue weighted by molar-refractivity contribution is -0.120. The average molecular weight is 318 g/mol. The number of halogens is 1. The molecule has 1 N–H and O–H groups in total. The van der Waals surface area contributed by atoms with Gasteiger partial charge in [0, 0.05) is 5.02 Å². The van der Waals surface area contributed by atoms with Crippen molar-refractivity contribution >= 4 is 23.2 Å². The van der Waals surface area contributed by atoms with E-state index in [0.29, 0.717) is 23.1 Å².